The molecule has 0 unspecified atom stereocenters. The van der Waals surface area contributed by atoms with Crippen LogP contribution in [0.4, 0.5) is 4.79 Å². The van der Waals surface area contributed by atoms with Crippen molar-refractivity contribution in [3.8, 4) is 0 Å². The SMILES string of the molecule is C=C\C(=C/C=C/C=C/C=C1\C(=C)N(C(=O)OCC)C[C@H](C)N1C(C)=O)S(=O)(=O)C(C)C. The highest BCUT2D eigenvalue weighted by Crippen LogP contribution is 2.28. The molecule has 1 aliphatic rings. The summed E-state index contributed by atoms with van der Waals surface area (Å²) in [4.78, 5) is 27.5. The lowest BCUT2D eigenvalue weighted by molar-refractivity contribution is -0.129. The normalized spacial score (nSPS) is 19.7. The Bertz CT molecular complexity index is 939. The molecule has 170 valence electrons. The van der Waals surface area contributed by atoms with Crippen LogP contribution in [0.25, 0.3) is 0 Å². The average molecular weight is 449 g/mol. The van der Waals surface area contributed by atoms with Crippen LogP contribution in [0, 0.1) is 0 Å². The van der Waals surface area contributed by atoms with Gasteiger partial charge in [0.05, 0.1) is 34.2 Å². The third kappa shape index (κ3) is 6.55. The van der Waals surface area contributed by atoms with Crippen molar-refractivity contribution in [2.45, 2.75) is 45.9 Å². The van der Waals surface area contributed by atoms with Gasteiger partial charge in [-0.05, 0) is 39.8 Å². The maximum atomic E-state index is 12.2. The van der Waals surface area contributed by atoms with Crippen LogP contribution in [-0.4, -0.2) is 54.7 Å². The maximum absolute atomic E-state index is 12.2. The van der Waals surface area contributed by atoms with Gasteiger partial charge in [-0.25, -0.2) is 13.2 Å². The molecule has 0 aromatic heterocycles. The predicted octanol–water partition coefficient (Wildman–Crippen LogP) is 4.10. The first-order valence-electron chi connectivity index (χ1n) is 10.0. The molecule has 1 aliphatic heterocycles. The molecule has 0 saturated carbocycles. The molecule has 0 radical (unpaired) electrons. The fourth-order valence-electron chi connectivity index (χ4n) is 2.99. The van der Waals surface area contributed by atoms with E-state index in [2.05, 4.69) is 13.2 Å². The van der Waals surface area contributed by atoms with Crippen LogP contribution in [0.2, 0.25) is 0 Å². The molecule has 1 rings (SSSR count). The molecule has 31 heavy (non-hydrogen) atoms. The zero-order chi connectivity index (χ0) is 23.8. The Labute approximate surface area is 185 Å². The van der Waals surface area contributed by atoms with Crippen LogP contribution >= 0.6 is 0 Å². The number of ether oxygens (including phenoxy) is 1. The molecule has 2 amide bonds. The molecule has 0 N–H and O–H groups in total. The number of carbonyl (C=O) groups is 2. The summed E-state index contributed by atoms with van der Waals surface area (Å²) >= 11 is 0. The van der Waals surface area contributed by atoms with Gasteiger partial charge in [-0.1, -0.05) is 43.5 Å². The van der Waals surface area contributed by atoms with Gasteiger partial charge < -0.3 is 9.64 Å². The number of sulfone groups is 1. The second kappa shape index (κ2) is 11.5. The van der Waals surface area contributed by atoms with Crippen molar-refractivity contribution in [1.29, 1.82) is 0 Å². The van der Waals surface area contributed by atoms with E-state index in [1.807, 2.05) is 6.92 Å². The Morgan fingerprint density at radius 3 is 2.35 bits per heavy atom. The Balaban J connectivity index is 3.12. The van der Waals surface area contributed by atoms with Gasteiger partial charge in [-0.15, -0.1) is 0 Å². The number of hydrogen-bond donors (Lipinski definition) is 0. The Hall–Kier alpha value is -2.87. The van der Waals surface area contributed by atoms with Crippen LogP contribution in [-0.2, 0) is 19.4 Å². The minimum Gasteiger partial charge on any atom is -0.449 e. The molecule has 1 saturated heterocycles. The Morgan fingerprint density at radius 2 is 1.84 bits per heavy atom. The van der Waals surface area contributed by atoms with Gasteiger partial charge in [-0.2, -0.15) is 0 Å². The maximum Gasteiger partial charge on any atom is 0.414 e. The van der Waals surface area contributed by atoms with E-state index in [-0.39, 0.29) is 30.0 Å². The monoisotopic (exact) mass is 448 g/mol. The van der Waals surface area contributed by atoms with Gasteiger partial charge in [0, 0.05) is 13.5 Å². The first kappa shape index (κ1) is 26.2. The quantitative estimate of drug-likeness (QED) is 0.548. The summed E-state index contributed by atoms with van der Waals surface area (Å²) in [6, 6.07) is -0.248. The zero-order valence-corrected chi connectivity index (χ0v) is 19.7. The summed E-state index contributed by atoms with van der Waals surface area (Å²) in [5.74, 6) is -0.162. The zero-order valence-electron chi connectivity index (χ0n) is 18.9. The molecule has 7 nitrogen and oxygen atoms in total. The Morgan fingerprint density at radius 1 is 1.23 bits per heavy atom. The topological polar surface area (TPSA) is 84.0 Å². The highest BCUT2D eigenvalue weighted by molar-refractivity contribution is 7.96. The van der Waals surface area contributed by atoms with Gasteiger partial charge in [-0.3, -0.25) is 9.69 Å². The number of hydrogen-bond acceptors (Lipinski definition) is 5. The number of amides is 2. The first-order chi connectivity index (χ1) is 14.5. The standard InChI is InChI=1S/C23H32N2O5S/c1-8-21(31(28,29)17(3)4)14-12-10-11-13-15-22-19(6)24(23(27)30-9-2)16-18(5)25(22)20(7)26/h8,10-15,17-18H,1,6,9,16H2,2-5,7H3/b12-10+,13-11+,21-14+,22-15+/t18-/m0/s1. The van der Waals surface area contributed by atoms with E-state index in [0.717, 1.165) is 0 Å². The minimum absolute atomic E-state index is 0.146. The molecule has 1 atom stereocenters. The van der Waals surface area contributed by atoms with Crippen molar-refractivity contribution in [1.82, 2.24) is 9.80 Å². The van der Waals surface area contributed by atoms with Gasteiger partial charge in [0.1, 0.15) is 0 Å². The van der Waals surface area contributed by atoms with Crippen molar-refractivity contribution in [3.63, 3.8) is 0 Å². The summed E-state index contributed by atoms with van der Waals surface area (Å²) < 4.78 is 29.5. The molecule has 0 bridgehead atoms. The third-order valence-corrected chi connectivity index (χ3v) is 6.80. The summed E-state index contributed by atoms with van der Waals surface area (Å²) in [7, 11) is -3.40. The van der Waals surface area contributed by atoms with Gasteiger partial charge >= 0.3 is 6.09 Å². The molecule has 8 heteroatoms. The molecular weight excluding hydrogens is 416 g/mol. The van der Waals surface area contributed by atoms with E-state index >= 15 is 0 Å². The van der Waals surface area contributed by atoms with Crippen molar-refractivity contribution in [2.75, 3.05) is 13.2 Å². The number of rotatable bonds is 7. The number of piperazine rings is 1. The lowest BCUT2D eigenvalue weighted by atomic mass is 10.1. The van der Waals surface area contributed by atoms with Crippen LogP contribution in [0.3, 0.4) is 0 Å². The number of carbonyl (C=O) groups excluding carboxylic acids is 2. The smallest absolute Gasteiger partial charge is 0.414 e. The summed E-state index contributed by atoms with van der Waals surface area (Å²) in [6.07, 6.45) is 10.6. The first-order valence-corrected chi connectivity index (χ1v) is 11.6. The largest absolute Gasteiger partial charge is 0.449 e. The third-order valence-electron chi connectivity index (χ3n) is 4.59. The molecular formula is C23H32N2O5S. The second-order valence-electron chi connectivity index (χ2n) is 7.18. The van der Waals surface area contributed by atoms with E-state index in [0.29, 0.717) is 11.4 Å². The van der Waals surface area contributed by atoms with Crippen molar-refractivity contribution in [2.24, 2.45) is 0 Å². The minimum atomic E-state index is -3.40. The fraction of sp³-hybridized carbons (Fsp3) is 0.391. The van der Waals surface area contributed by atoms with E-state index in [1.165, 1.54) is 24.0 Å². The molecule has 0 aliphatic carbocycles. The fourth-order valence-corrected chi connectivity index (χ4v) is 4.03. The number of nitrogens with zero attached hydrogens (tertiary/aromatic N) is 2. The summed E-state index contributed by atoms with van der Waals surface area (Å²) in [5, 5.41) is -0.537. The molecule has 0 aromatic rings. The van der Waals surface area contributed by atoms with E-state index in [4.69, 9.17) is 4.74 Å². The Kier molecular flexibility index (Phi) is 9.71. The van der Waals surface area contributed by atoms with E-state index < -0.39 is 21.2 Å². The molecule has 0 aromatic carbocycles. The van der Waals surface area contributed by atoms with Crippen molar-refractivity contribution >= 4 is 21.8 Å². The second-order valence-corrected chi connectivity index (χ2v) is 9.69. The van der Waals surface area contributed by atoms with Gasteiger partial charge in [0.15, 0.2) is 9.84 Å². The summed E-state index contributed by atoms with van der Waals surface area (Å²) in [5.41, 5.74) is 0.867. The van der Waals surface area contributed by atoms with Crippen LogP contribution in [0.5, 0.6) is 0 Å². The van der Waals surface area contributed by atoms with Crippen molar-refractivity contribution in [3.05, 3.63) is 72.0 Å². The number of allylic oxidation sites excluding steroid dienone is 7. The highest BCUT2D eigenvalue weighted by Gasteiger charge is 2.35. The van der Waals surface area contributed by atoms with E-state index in [1.54, 1.807) is 56.1 Å². The van der Waals surface area contributed by atoms with E-state index in [9.17, 15) is 18.0 Å². The van der Waals surface area contributed by atoms with Crippen LogP contribution < -0.4 is 0 Å². The molecule has 1 fully saturated rings. The van der Waals surface area contributed by atoms with Gasteiger partial charge in [0.2, 0.25) is 5.91 Å². The predicted molar refractivity (Wildman–Crippen MR) is 124 cm³/mol. The molecule has 1 heterocycles. The van der Waals surface area contributed by atoms with Crippen LogP contribution in [0.15, 0.2) is 72.0 Å². The van der Waals surface area contributed by atoms with Crippen molar-refractivity contribution < 1.29 is 22.7 Å². The lowest BCUT2D eigenvalue weighted by Gasteiger charge is -2.41. The lowest BCUT2D eigenvalue weighted by Crippen LogP contribution is -2.52. The van der Waals surface area contributed by atoms with Crippen LogP contribution in [0.1, 0.15) is 34.6 Å². The summed E-state index contributed by atoms with van der Waals surface area (Å²) in [6.45, 7) is 16.3. The highest BCUT2D eigenvalue weighted by atomic mass is 32.2. The molecule has 0 spiro atoms. The van der Waals surface area contributed by atoms with Gasteiger partial charge in [0.25, 0.3) is 0 Å². The average Bonchev–Trinajstić information content (AvgIpc) is 2.68.